The van der Waals surface area contributed by atoms with Crippen LogP contribution in [0.4, 0.5) is 5.69 Å². The molecular weight excluding hydrogens is 692 g/mol. The summed E-state index contributed by atoms with van der Waals surface area (Å²) in [6, 6.07) is 14.9. The van der Waals surface area contributed by atoms with Gasteiger partial charge in [-0.3, -0.25) is 24.5 Å². The van der Waals surface area contributed by atoms with Crippen molar-refractivity contribution in [2.75, 3.05) is 45.0 Å². The highest BCUT2D eigenvalue weighted by Gasteiger charge is 2.34. The van der Waals surface area contributed by atoms with Crippen LogP contribution < -0.4 is 20.2 Å². The highest BCUT2D eigenvalue weighted by molar-refractivity contribution is 6.01. The van der Waals surface area contributed by atoms with Gasteiger partial charge < -0.3 is 29.2 Å². The van der Waals surface area contributed by atoms with Crippen molar-refractivity contribution in [3.8, 4) is 22.5 Å². The molecule has 0 fully saturated rings. The van der Waals surface area contributed by atoms with E-state index in [2.05, 4.69) is 20.9 Å². The Morgan fingerprint density at radius 1 is 0.926 bits per heavy atom. The minimum atomic E-state index is -0.570. The summed E-state index contributed by atoms with van der Waals surface area (Å²) in [6.45, 7) is 12.6. The summed E-state index contributed by atoms with van der Waals surface area (Å²) in [5, 5.41) is 13.8. The number of unbranched alkanes of at least 4 members (excludes halogenated alkanes) is 2. The molecule has 3 N–H and O–H groups in total. The lowest BCUT2D eigenvalue weighted by Gasteiger charge is -2.30. The molecule has 2 aromatic carbocycles. The monoisotopic (exact) mass is 749 g/mol. The molecule has 0 saturated heterocycles. The summed E-state index contributed by atoms with van der Waals surface area (Å²) in [5.74, 6) is -1.26. The van der Waals surface area contributed by atoms with Crippen molar-refractivity contribution >= 4 is 29.4 Å². The largest absolute Gasteiger partial charge is 0.461 e. The van der Waals surface area contributed by atoms with Crippen LogP contribution in [-0.2, 0) is 51.2 Å². The van der Waals surface area contributed by atoms with Crippen molar-refractivity contribution in [2.24, 2.45) is 0 Å². The molecule has 0 saturated carbocycles. The van der Waals surface area contributed by atoms with E-state index in [4.69, 9.17) is 18.9 Å². The van der Waals surface area contributed by atoms with Crippen molar-refractivity contribution in [3.63, 3.8) is 0 Å². The Labute approximate surface area is 318 Å². The smallest absolute Gasteiger partial charge is 0.323 e. The minimum absolute atomic E-state index is 0.110. The van der Waals surface area contributed by atoms with Crippen LogP contribution in [0.5, 0.6) is 0 Å². The molecule has 1 aromatic heterocycles. The second kappa shape index (κ2) is 19.6. The highest BCUT2D eigenvalue weighted by Crippen LogP contribution is 2.39. The molecule has 54 heavy (non-hydrogen) atoms. The number of nitrogens with one attached hydrogen (secondary N) is 3. The normalized spacial score (nSPS) is 13.1. The van der Waals surface area contributed by atoms with Crippen LogP contribution in [0.2, 0.25) is 0 Å². The number of benzene rings is 2. The fourth-order valence-corrected chi connectivity index (χ4v) is 6.13. The first-order chi connectivity index (χ1) is 25.7. The number of esters is 2. The van der Waals surface area contributed by atoms with Crippen molar-refractivity contribution in [1.29, 1.82) is 0 Å². The van der Waals surface area contributed by atoms with Crippen LogP contribution in [0.25, 0.3) is 22.5 Å². The van der Waals surface area contributed by atoms with Gasteiger partial charge in [0, 0.05) is 29.7 Å². The first-order valence-electron chi connectivity index (χ1n) is 18.6. The minimum Gasteiger partial charge on any atom is -0.461 e. The van der Waals surface area contributed by atoms with Crippen LogP contribution in [-0.4, -0.2) is 91.3 Å². The van der Waals surface area contributed by atoms with E-state index in [0.717, 1.165) is 35.2 Å². The number of carbonyl (C=O) groups is 4. The number of anilines is 1. The lowest BCUT2D eigenvalue weighted by molar-refractivity contribution is -0.744. The number of aromatic nitrogens is 3. The predicted molar refractivity (Wildman–Crippen MR) is 203 cm³/mol. The maximum Gasteiger partial charge on any atom is 0.323 e. The van der Waals surface area contributed by atoms with E-state index in [1.54, 1.807) is 12.0 Å². The number of hydrogen-bond donors (Lipinski definition) is 3. The SMILES string of the molecule is COCCOCC(=O)NCC(=O)N1Cc2ccccc2-c2n[nH][n+](CCOC(=O)CCCCCC(NC(C)(C)C)C(=O)OC(C)(C)C)c2-c2ccccc21. The molecule has 0 spiro atoms. The quantitative estimate of drug-likeness (QED) is 0.0973. The average molecular weight is 750 g/mol. The summed E-state index contributed by atoms with van der Waals surface area (Å²) in [7, 11) is 1.55. The molecular formula is C40H57N6O8+. The van der Waals surface area contributed by atoms with Gasteiger partial charge in [0.2, 0.25) is 17.5 Å². The van der Waals surface area contributed by atoms with Crippen molar-refractivity contribution in [2.45, 2.75) is 104 Å². The number of fused-ring (bicyclic) bond motifs is 5. The zero-order valence-corrected chi connectivity index (χ0v) is 32.8. The van der Waals surface area contributed by atoms with Gasteiger partial charge in [-0.25, -0.2) is 0 Å². The molecule has 14 heteroatoms. The number of H-pyrrole nitrogens is 1. The van der Waals surface area contributed by atoms with Crippen LogP contribution >= 0.6 is 0 Å². The van der Waals surface area contributed by atoms with Crippen LogP contribution in [0, 0.1) is 0 Å². The fourth-order valence-electron chi connectivity index (χ4n) is 6.13. The van der Waals surface area contributed by atoms with Crippen LogP contribution in [0.15, 0.2) is 48.5 Å². The summed E-state index contributed by atoms with van der Waals surface area (Å²) in [6.07, 6.45) is 3.03. The van der Waals surface area contributed by atoms with E-state index >= 15 is 0 Å². The molecule has 2 heterocycles. The van der Waals surface area contributed by atoms with Crippen LogP contribution in [0.1, 0.15) is 79.2 Å². The number of ether oxygens (including phenoxy) is 4. The maximum atomic E-state index is 13.7. The molecule has 294 valence electrons. The Balaban J connectivity index is 1.38. The number of aromatic amines is 1. The first-order valence-corrected chi connectivity index (χ1v) is 18.6. The van der Waals surface area contributed by atoms with Gasteiger partial charge in [0.1, 0.15) is 31.4 Å². The van der Waals surface area contributed by atoms with Gasteiger partial charge in [-0.2, -0.15) is 4.68 Å². The zero-order chi connectivity index (χ0) is 39.3. The third-order valence-corrected chi connectivity index (χ3v) is 8.48. The van der Waals surface area contributed by atoms with E-state index in [-0.39, 0.29) is 62.7 Å². The van der Waals surface area contributed by atoms with Gasteiger partial charge in [0.15, 0.2) is 0 Å². The van der Waals surface area contributed by atoms with Gasteiger partial charge in [0.25, 0.3) is 5.69 Å². The van der Waals surface area contributed by atoms with Crippen molar-refractivity contribution in [3.05, 3.63) is 54.1 Å². The number of para-hydroxylation sites is 1. The van der Waals surface area contributed by atoms with E-state index in [9.17, 15) is 19.2 Å². The first kappa shape index (κ1) is 42.1. The van der Waals surface area contributed by atoms with Gasteiger partial charge in [-0.15, -0.1) is 0 Å². The van der Waals surface area contributed by atoms with E-state index in [1.807, 2.05) is 94.8 Å². The number of carbonyl (C=O) groups excluding carboxylic acids is 4. The van der Waals surface area contributed by atoms with Crippen molar-refractivity contribution in [1.82, 2.24) is 20.9 Å². The summed E-state index contributed by atoms with van der Waals surface area (Å²) in [5.41, 5.74) is 3.78. The Hall–Kier alpha value is -4.66. The van der Waals surface area contributed by atoms with Gasteiger partial charge in [-0.1, -0.05) is 48.4 Å². The molecule has 4 rings (SSSR count). The number of rotatable bonds is 18. The average Bonchev–Trinajstić information content (AvgIpc) is 3.51. The zero-order valence-electron chi connectivity index (χ0n) is 32.8. The molecule has 0 radical (unpaired) electrons. The topological polar surface area (TPSA) is 165 Å². The second-order valence-electron chi connectivity index (χ2n) is 15.3. The standard InChI is InChI=1S/C40H56N6O8/c1-39(2,3)42-31(38(50)54-40(4,5)6)18-9-8-10-20-35(49)53-22-21-46-37-30-17-13-14-19-32(30)45(34(48)25-41-33(47)27-52-24-23-51-7)26-28-15-11-12-16-29(28)36(37)43-44-46/h11-17,19,31,42H,8-10,18,20-27H2,1-7H3,(H,41,47)/p+1. The maximum absolute atomic E-state index is 13.7. The molecule has 0 bridgehead atoms. The summed E-state index contributed by atoms with van der Waals surface area (Å²) in [4.78, 5) is 53.3. The number of methoxy groups -OCH3 is 1. The molecule has 2 amide bonds. The predicted octanol–water partition coefficient (Wildman–Crippen LogP) is 4.25. The van der Waals surface area contributed by atoms with Gasteiger partial charge in [-0.05, 0) is 78.1 Å². The Kier molecular flexibility index (Phi) is 15.3. The van der Waals surface area contributed by atoms with Gasteiger partial charge in [0.05, 0.1) is 37.6 Å². The number of hydrogen-bond acceptors (Lipinski definition) is 10. The lowest BCUT2D eigenvalue weighted by Crippen LogP contribution is -2.49. The molecule has 0 aliphatic carbocycles. The highest BCUT2D eigenvalue weighted by atomic mass is 16.6. The number of nitrogens with zero attached hydrogens (tertiary/aromatic N) is 3. The summed E-state index contributed by atoms with van der Waals surface area (Å²) < 4.78 is 23.3. The number of amides is 2. The second-order valence-corrected chi connectivity index (χ2v) is 15.3. The fraction of sp³-hybridized carbons (Fsp3) is 0.550. The molecule has 1 aliphatic rings. The lowest BCUT2D eigenvalue weighted by atomic mass is 9.95. The van der Waals surface area contributed by atoms with E-state index in [0.29, 0.717) is 37.4 Å². The van der Waals surface area contributed by atoms with Crippen LogP contribution in [0.3, 0.4) is 0 Å². The Bertz CT molecular complexity index is 1730. The van der Waals surface area contributed by atoms with E-state index < -0.39 is 17.6 Å². The molecule has 1 atom stereocenters. The van der Waals surface area contributed by atoms with Crippen molar-refractivity contribution < 1.29 is 42.8 Å². The molecule has 1 unspecified atom stereocenters. The van der Waals surface area contributed by atoms with Gasteiger partial charge >= 0.3 is 11.9 Å². The molecule has 1 aliphatic heterocycles. The summed E-state index contributed by atoms with van der Waals surface area (Å²) >= 11 is 0. The Morgan fingerprint density at radius 3 is 2.37 bits per heavy atom. The van der Waals surface area contributed by atoms with E-state index in [1.165, 1.54) is 0 Å². The third kappa shape index (κ3) is 12.7. The molecule has 14 nitrogen and oxygen atoms in total. The molecule has 3 aromatic rings. The third-order valence-electron chi connectivity index (χ3n) is 8.48. The Morgan fingerprint density at radius 2 is 1.65 bits per heavy atom.